The number of hydrogen-bond donors (Lipinski definition) is 0. The molecular weight excluding hydrogens is 540 g/mol. The van der Waals surface area contributed by atoms with Crippen molar-refractivity contribution < 1.29 is 18.9 Å². The van der Waals surface area contributed by atoms with Gasteiger partial charge in [0.05, 0.1) is 39.3 Å². The van der Waals surface area contributed by atoms with Gasteiger partial charge in [0.25, 0.3) is 11.6 Å². The molecule has 1 amide bonds. The first-order valence-corrected chi connectivity index (χ1v) is 11.3. The highest BCUT2D eigenvalue weighted by Gasteiger charge is 2.34. The van der Waals surface area contributed by atoms with Gasteiger partial charge in [0, 0.05) is 16.6 Å². The molecule has 32 heavy (non-hydrogen) atoms. The fourth-order valence-corrected chi connectivity index (χ4v) is 4.72. The molecule has 0 radical (unpaired) electrons. The standard InChI is InChI=1S/C21H12BrClN2O5S2/c1-29-18-9-12(25(27)28)2-5-14(18)17-7-4-13(30-17)10-19-20(26)24(21(31)32-19)11-3-6-15(22)16(23)8-11/h2-10H,1H3/b19-10+. The van der Waals surface area contributed by atoms with E-state index in [-0.39, 0.29) is 11.6 Å². The third-order valence-corrected chi connectivity index (χ3v) is 7.05. The zero-order chi connectivity index (χ0) is 23.0. The van der Waals surface area contributed by atoms with Crippen molar-refractivity contribution in [2.45, 2.75) is 0 Å². The monoisotopic (exact) mass is 550 g/mol. The smallest absolute Gasteiger partial charge is 0.273 e. The van der Waals surface area contributed by atoms with Crippen LogP contribution in [0.2, 0.25) is 5.02 Å². The summed E-state index contributed by atoms with van der Waals surface area (Å²) in [5.74, 6) is 0.885. The van der Waals surface area contributed by atoms with E-state index in [0.717, 1.165) is 11.8 Å². The summed E-state index contributed by atoms with van der Waals surface area (Å²) >= 11 is 16.0. The van der Waals surface area contributed by atoms with Crippen LogP contribution < -0.4 is 9.64 Å². The van der Waals surface area contributed by atoms with Crippen LogP contribution in [-0.4, -0.2) is 22.3 Å². The lowest BCUT2D eigenvalue weighted by atomic mass is 10.1. The number of furan rings is 1. The van der Waals surface area contributed by atoms with Gasteiger partial charge in [0.2, 0.25) is 0 Å². The Morgan fingerprint density at radius 3 is 2.72 bits per heavy atom. The van der Waals surface area contributed by atoms with Gasteiger partial charge in [-0.05, 0) is 52.3 Å². The number of rotatable bonds is 5. The maximum absolute atomic E-state index is 13.0. The number of hydrogen-bond acceptors (Lipinski definition) is 7. The molecule has 1 saturated heterocycles. The van der Waals surface area contributed by atoms with Gasteiger partial charge < -0.3 is 9.15 Å². The van der Waals surface area contributed by atoms with E-state index in [1.807, 2.05) is 0 Å². The van der Waals surface area contributed by atoms with Crippen molar-refractivity contribution in [2.24, 2.45) is 0 Å². The number of ether oxygens (including phenoxy) is 1. The summed E-state index contributed by atoms with van der Waals surface area (Å²) in [4.78, 5) is 25.3. The first-order chi connectivity index (χ1) is 15.3. The second-order valence-electron chi connectivity index (χ2n) is 6.46. The molecule has 1 aliphatic rings. The predicted octanol–water partition coefficient (Wildman–Crippen LogP) is 6.69. The molecule has 0 bridgehead atoms. The van der Waals surface area contributed by atoms with Gasteiger partial charge >= 0.3 is 0 Å². The average Bonchev–Trinajstić information content (AvgIpc) is 3.34. The van der Waals surface area contributed by atoms with Gasteiger partial charge in [0.1, 0.15) is 17.3 Å². The number of carbonyl (C=O) groups is 1. The van der Waals surface area contributed by atoms with Crippen molar-refractivity contribution in [3.63, 3.8) is 0 Å². The summed E-state index contributed by atoms with van der Waals surface area (Å²) in [5.41, 5.74) is 1.03. The van der Waals surface area contributed by atoms with E-state index >= 15 is 0 Å². The zero-order valence-corrected chi connectivity index (χ0v) is 20.2. The van der Waals surface area contributed by atoms with Gasteiger partial charge in [0.15, 0.2) is 4.32 Å². The molecule has 1 aliphatic heterocycles. The predicted molar refractivity (Wildman–Crippen MR) is 132 cm³/mol. The molecule has 3 aromatic rings. The fourth-order valence-electron chi connectivity index (χ4n) is 3.02. The molecule has 4 rings (SSSR count). The molecule has 11 heteroatoms. The number of nitro groups is 1. The van der Waals surface area contributed by atoms with E-state index in [2.05, 4.69) is 15.9 Å². The number of nitro benzene ring substituents is 1. The number of anilines is 1. The minimum absolute atomic E-state index is 0.0888. The number of amides is 1. The Bertz CT molecular complexity index is 1310. The number of halogens is 2. The molecule has 1 aromatic heterocycles. The van der Waals surface area contributed by atoms with Crippen molar-refractivity contribution in [2.75, 3.05) is 12.0 Å². The SMILES string of the molecule is COc1cc([N+](=O)[O-])ccc1-c1ccc(/C=C2/SC(=S)N(c3ccc(Br)c(Cl)c3)C2=O)o1. The van der Waals surface area contributed by atoms with Gasteiger partial charge in [-0.2, -0.15) is 0 Å². The molecule has 2 aromatic carbocycles. The van der Waals surface area contributed by atoms with Crippen LogP contribution in [0.4, 0.5) is 11.4 Å². The Balaban J connectivity index is 1.62. The minimum atomic E-state index is -0.500. The number of thioether (sulfide) groups is 1. The van der Waals surface area contributed by atoms with Crippen molar-refractivity contribution in [1.29, 1.82) is 0 Å². The molecule has 2 heterocycles. The number of methoxy groups -OCH3 is 1. The van der Waals surface area contributed by atoms with Crippen molar-refractivity contribution >= 4 is 79.2 Å². The maximum Gasteiger partial charge on any atom is 0.273 e. The summed E-state index contributed by atoms with van der Waals surface area (Å²) in [5, 5.41) is 11.5. The number of carbonyl (C=O) groups excluding carboxylic acids is 1. The van der Waals surface area contributed by atoms with Gasteiger partial charge in [-0.3, -0.25) is 19.8 Å². The summed E-state index contributed by atoms with van der Waals surface area (Å²) in [6.45, 7) is 0. The second kappa shape index (κ2) is 9.07. The average molecular weight is 552 g/mol. The van der Waals surface area contributed by atoms with Crippen LogP contribution in [0.5, 0.6) is 5.75 Å². The Morgan fingerprint density at radius 2 is 2.03 bits per heavy atom. The fraction of sp³-hybridized carbons (Fsp3) is 0.0476. The Labute approximate surface area is 205 Å². The van der Waals surface area contributed by atoms with Crippen LogP contribution in [0, 0.1) is 10.1 Å². The lowest BCUT2D eigenvalue weighted by Gasteiger charge is -2.15. The number of nitrogens with zero attached hydrogens (tertiary/aromatic N) is 2. The van der Waals surface area contributed by atoms with E-state index in [9.17, 15) is 14.9 Å². The van der Waals surface area contributed by atoms with E-state index in [0.29, 0.717) is 47.2 Å². The van der Waals surface area contributed by atoms with E-state index < -0.39 is 4.92 Å². The van der Waals surface area contributed by atoms with Crippen LogP contribution >= 0.6 is 51.5 Å². The van der Waals surface area contributed by atoms with Gasteiger partial charge in [-0.25, -0.2) is 0 Å². The number of thiocarbonyl (C=S) groups is 1. The maximum atomic E-state index is 13.0. The van der Waals surface area contributed by atoms with Crippen molar-refractivity contribution in [3.8, 4) is 17.1 Å². The highest BCUT2D eigenvalue weighted by atomic mass is 79.9. The normalized spacial score (nSPS) is 15.0. The highest BCUT2D eigenvalue weighted by molar-refractivity contribution is 9.10. The zero-order valence-electron chi connectivity index (χ0n) is 16.2. The Kier molecular flexibility index (Phi) is 6.38. The highest BCUT2D eigenvalue weighted by Crippen LogP contribution is 2.39. The number of benzene rings is 2. The molecule has 0 aliphatic carbocycles. The molecule has 0 saturated carbocycles. The molecule has 162 valence electrons. The van der Waals surface area contributed by atoms with Crippen LogP contribution in [0.3, 0.4) is 0 Å². The van der Waals surface area contributed by atoms with Gasteiger partial charge in [-0.15, -0.1) is 0 Å². The summed E-state index contributed by atoms with van der Waals surface area (Å²) in [6.07, 6.45) is 1.60. The van der Waals surface area contributed by atoms with E-state index in [1.54, 1.807) is 42.5 Å². The molecule has 0 atom stereocenters. The lowest BCUT2D eigenvalue weighted by molar-refractivity contribution is -0.384. The van der Waals surface area contributed by atoms with Crippen LogP contribution in [0.15, 0.2) is 62.3 Å². The first kappa shape index (κ1) is 22.5. The summed E-state index contributed by atoms with van der Waals surface area (Å²) in [7, 11) is 1.42. The van der Waals surface area contributed by atoms with Crippen LogP contribution in [0.1, 0.15) is 5.76 Å². The quantitative estimate of drug-likeness (QED) is 0.151. The molecular formula is C21H12BrClN2O5S2. The molecule has 0 unspecified atom stereocenters. The molecule has 7 nitrogen and oxygen atoms in total. The van der Waals surface area contributed by atoms with E-state index in [4.69, 9.17) is 33.0 Å². The Morgan fingerprint density at radius 1 is 1.25 bits per heavy atom. The van der Waals surface area contributed by atoms with Crippen molar-refractivity contribution in [1.82, 2.24) is 0 Å². The Hall–Kier alpha value is -2.66. The first-order valence-electron chi connectivity index (χ1n) is 8.94. The summed E-state index contributed by atoms with van der Waals surface area (Å²) < 4.78 is 12.2. The summed E-state index contributed by atoms with van der Waals surface area (Å²) in [6, 6.07) is 12.8. The third kappa shape index (κ3) is 4.31. The minimum Gasteiger partial charge on any atom is -0.496 e. The van der Waals surface area contributed by atoms with Crippen LogP contribution in [-0.2, 0) is 4.79 Å². The third-order valence-electron chi connectivity index (χ3n) is 4.52. The largest absolute Gasteiger partial charge is 0.496 e. The molecule has 0 N–H and O–H groups in total. The molecule has 1 fully saturated rings. The van der Waals surface area contributed by atoms with Crippen molar-refractivity contribution in [3.05, 3.63) is 78.8 Å². The van der Waals surface area contributed by atoms with Crippen LogP contribution in [0.25, 0.3) is 17.4 Å². The lowest BCUT2D eigenvalue weighted by Crippen LogP contribution is -2.27. The topological polar surface area (TPSA) is 85.8 Å². The van der Waals surface area contributed by atoms with Gasteiger partial charge in [-0.1, -0.05) is 35.6 Å². The number of non-ortho nitro benzene ring substituents is 1. The second-order valence-corrected chi connectivity index (χ2v) is 9.40. The molecule has 0 spiro atoms. The van der Waals surface area contributed by atoms with E-state index in [1.165, 1.54) is 24.1 Å².